The Bertz CT molecular complexity index is 602. The van der Waals surface area contributed by atoms with Gasteiger partial charge in [0.05, 0.1) is 5.69 Å². The van der Waals surface area contributed by atoms with Crippen molar-refractivity contribution in [3.8, 4) is 11.3 Å². The predicted molar refractivity (Wildman–Crippen MR) is 73.2 cm³/mol. The fourth-order valence-electron chi connectivity index (χ4n) is 2.03. The molecule has 0 saturated carbocycles. The Kier molecular flexibility index (Phi) is 3.57. The lowest BCUT2D eigenvalue weighted by Crippen LogP contribution is -1.99. The molecule has 0 radical (unpaired) electrons. The van der Waals surface area contributed by atoms with Gasteiger partial charge in [0.1, 0.15) is 0 Å². The standard InChI is InChI=1S/C14H15NO2S/c1-8-7-12(17-15-8)14-9(2)11(10(3)16)5-6-13(14)18-4/h5-7H,1-4H3. The number of carbonyl (C=O) groups is 1. The number of benzene rings is 1. The Balaban J connectivity index is 2.70. The fraction of sp³-hybridized carbons (Fsp3) is 0.286. The number of ketones is 1. The Hall–Kier alpha value is -1.55. The van der Waals surface area contributed by atoms with E-state index < -0.39 is 0 Å². The highest BCUT2D eigenvalue weighted by atomic mass is 32.2. The van der Waals surface area contributed by atoms with Crippen LogP contribution in [0.25, 0.3) is 11.3 Å². The molecule has 0 aliphatic carbocycles. The molecule has 2 rings (SSSR count). The van der Waals surface area contributed by atoms with Crippen molar-refractivity contribution in [3.63, 3.8) is 0 Å². The van der Waals surface area contributed by atoms with Gasteiger partial charge in [0.15, 0.2) is 11.5 Å². The minimum Gasteiger partial charge on any atom is -0.356 e. The highest BCUT2D eigenvalue weighted by Gasteiger charge is 2.17. The van der Waals surface area contributed by atoms with Crippen molar-refractivity contribution in [1.29, 1.82) is 0 Å². The summed E-state index contributed by atoms with van der Waals surface area (Å²) in [5.74, 6) is 0.787. The van der Waals surface area contributed by atoms with Gasteiger partial charge in [0, 0.05) is 22.1 Å². The van der Waals surface area contributed by atoms with Gasteiger partial charge >= 0.3 is 0 Å². The van der Waals surface area contributed by atoms with E-state index in [1.54, 1.807) is 18.7 Å². The molecule has 0 aliphatic rings. The lowest BCUT2D eigenvalue weighted by molar-refractivity contribution is 0.101. The maximum atomic E-state index is 11.6. The van der Waals surface area contributed by atoms with Crippen molar-refractivity contribution >= 4 is 17.5 Å². The van der Waals surface area contributed by atoms with Gasteiger partial charge in [0.2, 0.25) is 0 Å². The van der Waals surface area contributed by atoms with Crippen molar-refractivity contribution in [1.82, 2.24) is 5.16 Å². The predicted octanol–water partition coefficient (Wildman–Crippen LogP) is 3.88. The highest BCUT2D eigenvalue weighted by Crippen LogP contribution is 2.35. The van der Waals surface area contributed by atoms with Crippen LogP contribution in [-0.4, -0.2) is 17.2 Å². The Morgan fingerprint density at radius 1 is 1.33 bits per heavy atom. The van der Waals surface area contributed by atoms with E-state index in [0.29, 0.717) is 0 Å². The number of Topliss-reactive ketones (excluding diaryl/α,β-unsaturated/α-hetero) is 1. The second-order valence-electron chi connectivity index (χ2n) is 4.20. The van der Waals surface area contributed by atoms with E-state index in [9.17, 15) is 4.79 Å². The summed E-state index contributed by atoms with van der Waals surface area (Å²) in [6, 6.07) is 5.73. The van der Waals surface area contributed by atoms with E-state index in [2.05, 4.69) is 5.16 Å². The first-order valence-corrected chi connectivity index (χ1v) is 6.89. The van der Waals surface area contributed by atoms with Gasteiger partial charge in [-0.05, 0) is 44.7 Å². The van der Waals surface area contributed by atoms with E-state index in [1.807, 2.05) is 38.3 Å². The van der Waals surface area contributed by atoms with Crippen molar-refractivity contribution in [3.05, 3.63) is 35.0 Å². The summed E-state index contributed by atoms with van der Waals surface area (Å²) in [6.07, 6.45) is 2.01. The lowest BCUT2D eigenvalue weighted by atomic mass is 9.98. The number of carbonyl (C=O) groups excluding carboxylic acids is 1. The zero-order valence-electron chi connectivity index (χ0n) is 10.9. The SMILES string of the molecule is CSc1ccc(C(C)=O)c(C)c1-c1cc(C)no1. The quantitative estimate of drug-likeness (QED) is 0.621. The van der Waals surface area contributed by atoms with Crippen molar-refractivity contribution in [2.45, 2.75) is 25.7 Å². The van der Waals surface area contributed by atoms with Crippen molar-refractivity contribution < 1.29 is 9.32 Å². The van der Waals surface area contributed by atoms with Gasteiger partial charge in [-0.25, -0.2) is 0 Å². The summed E-state index contributed by atoms with van der Waals surface area (Å²) in [5.41, 5.74) is 3.49. The Labute approximate surface area is 111 Å². The number of rotatable bonds is 3. The molecule has 0 spiro atoms. The van der Waals surface area contributed by atoms with Crippen molar-refractivity contribution in [2.24, 2.45) is 0 Å². The number of aromatic nitrogens is 1. The third kappa shape index (κ3) is 2.20. The van der Waals surface area contributed by atoms with Gasteiger partial charge in [-0.3, -0.25) is 4.79 Å². The zero-order chi connectivity index (χ0) is 13.3. The maximum Gasteiger partial charge on any atom is 0.168 e. The van der Waals surface area contributed by atoms with Gasteiger partial charge in [-0.1, -0.05) is 5.16 Å². The molecule has 4 heteroatoms. The van der Waals surface area contributed by atoms with Crippen LogP contribution < -0.4 is 0 Å². The summed E-state index contributed by atoms with van der Waals surface area (Å²) >= 11 is 1.64. The van der Waals surface area contributed by atoms with Gasteiger partial charge in [-0.15, -0.1) is 11.8 Å². The van der Waals surface area contributed by atoms with E-state index >= 15 is 0 Å². The summed E-state index contributed by atoms with van der Waals surface area (Å²) in [4.78, 5) is 12.7. The van der Waals surface area contributed by atoms with Crippen LogP contribution in [0.3, 0.4) is 0 Å². The van der Waals surface area contributed by atoms with Gasteiger partial charge in [0.25, 0.3) is 0 Å². The first-order valence-electron chi connectivity index (χ1n) is 5.66. The van der Waals surface area contributed by atoms with Crippen LogP contribution >= 0.6 is 11.8 Å². The normalized spacial score (nSPS) is 10.7. The molecule has 0 N–H and O–H groups in total. The highest BCUT2D eigenvalue weighted by molar-refractivity contribution is 7.98. The number of hydrogen-bond donors (Lipinski definition) is 0. The van der Waals surface area contributed by atoms with Crippen LogP contribution in [0, 0.1) is 13.8 Å². The molecular formula is C14H15NO2S. The molecule has 18 heavy (non-hydrogen) atoms. The molecule has 0 amide bonds. The molecular weight excluding hydrogens is 246 g/mol. The molecule has 1 aromatic carbocycles. The second-order valence-corrected chi connectivity index (χ2v) is 5.05. The molecule has 0 aliphatic heterocycles. The second kappa shape index (κ2) is 4.98. The summed E-state index contributed by atoms with van der Waals surface area (Å²) in [6.45, 7) is 5.41. The first-order chi connectivity index (χ1) is 8.54. The monoisotopic (exact) mass is 261 g/mol. The molecule has 0 saturated heterocycles. The lowest BCUT2D eigenvalue weighted by Gasteiger charge is -2.11. The Morgan fingerprint density at radius 3 is 2.56 bits per heavy atom. The third-order valence-electron chi connectivity index (χ3n) is 2.90. The Morgan fingerprint density at radius 2 is 2.06 bits per heavy atom. The van der Waals surface area contributed by atoms with E-state index in [0.717, 1.165) is 33.0 Å². The first kappa shape index (κ1) is 12.9. The molecule has 0 fully saturated rings. The minimum absolute atomic E-state index is 0.0673. The summed E-state index contributed by atoms with van der Waals surface area (Å²) < 4.78 is 5.33. The van der Waals surface area contributed by atoms with Crippen LogP contribution in [0.1, 0.15) is 28.5 Å². The zero-order valence-corrected chi connectivity index (χ0v) is 11.7. The maximum absolute atomic E-state index is 11.6. The smallest absolute Gasteiger partial charge is 0.168 e. The van der Waals surface area contributed by atoms with E-state index in [1.165, 1.54) is 0 Å². The fourth-order valence-corrected chi connectivity index (χ4v) is 2.69. The van der Waals surface area contributed by atoms with Gasteiger partial charge < -0.3 is 4.52 Å². The van der Waals surface area contributed by atoms with Gasteiger partial charge in [-0.2, -0.15) is 0 Å². The average Bonchev–Trinajstić information content (AvgIpc) is 2.74. The number of nitrogens with zero attached hydrogens (tertiary/aromatic N) is 1. The third-order valence-corrected chi connectivity index (χ3v) is 3.68. The largest absolute Gasteiger partial charge is 0.356 e. The summed E-state index contributed by atoms with van der Waals surface area (Å²) in [7, 11) is 0. The number of aryl methyl sites for hydroxylation is 1. The van der Waals surface area contributed by atoms with Crippen LogP contribution in [0.5, 0.6) is 0 Å². The van der Waals surface area contributed by atoms with Crippen LogP contribution in [-0.2, 0) is 0 Å². The molecule has 3 nitrogen and oxygen atoms in total. The van der Waals surface area contributed by atoms with E-state index in [4.69, 9.17) is 4.52 Å². The summed E-state index contributed by atoms with van der Waals surface area (Å²) in [5, 5.41) is 3.91. The molecule has 1 heterocycles. The van der Waals surface area contributed by atoms with Crippen LogP contribution in [0.15, 0.2) is 27.6 Å². The molecule has 0 atom stereocenters. The number of thioether (sulfide) groups is 1. The van der Waals surface area contributed by atoms with Crippen LogP contribution in [0.4, 0.5) is 0 Å². The molecule has 94 valence electrons. The van der Waals surface area contributed by atoms with Crippen LogP contribution in [0.2, 0.25) is 0 Å². The average molecular weight is 261 g/mol. The molecule has 1 aromatic heterocycles. The number of hydrogen-bond acceptors (Lipinski definition) is 4. The molecule has 2 aromatic rings. The minimum atomic E-state index is 0.0673. The molecule has 0 unspecified atom stereocenters. The molecule has 0 bridgehead atoms. The van der Waals surface area contributed by atoms with Crippen molar-refractivity contribution in [2.75, 3.05) is 6.26 Å². The van der Waals surface area contributed by atoms with E-state index in [-0.39, 0.29) is 5.78 Å². The topological polar surface area (TPSA) is 43.1 Å².